The van der Waals surface area contributed by atoms with Crippen molar-refractivity contribution in [3.05, 3.63) is 11.2 Å². The minimum atomic E-state index is -2.15. The van der Waals surface area contributed by atoms with Gasteiger partial charge < -0.3 is 0 Å². The molecule has 0 heterocycles. The summed E-state index contributed by atoms with van der Waals surface area (Å²) >= 11 is -2.15. The predicted octanol–water partition coefficient (Wildman–Crippen LogP) is 1.14. The van der Waals surface area contributed by atoms with Gasteiger partial charge in [0.05, 0.1) is 0 Å². The van der Waals surface area contributed by atoms with Crippen LogP contribution >= 0.6 is 0 Å². The first-order chi connectivity index (χ1) is 2.27. The van der Waals surface area contributed by atoms with Gasteiger partial charge in [-0.1, -0.05) is 0 Å². The van der Waals surface area contributed by atoms with Crippen LogP contribution in [0.15, 0.2) is 11.2 Å². The Kier molecular flexibility index (Phi) is 2.48. The van der Waals surface area contributed by atoms with Crippen molar-refractivity contribution in [1.82, 2.24) is 0 Å². The Morgan fingerprint density at radius 3 is 2.20 bits per heavy atom. The van der Waals surface area contributed by atoms with Gasteiger partial charge in [-0.15, -0.1) is 0 Å². The van der Waals surface area contributed by atoms with E-state index >= 15 is 0 Å². The third-order valence-corrected chi connectivity index (χ3v) is 2.11. The van der Waals surface area contributed by atoms with E-state index in [4.69, 9.17) is 0 Å². The molecule has 0 aromatic heterocycles. The molecule has 0 saturated heterocycles. The molecule has 0 aliphatic heterocycles. The van der Waals surface area contributed by atoms with Crippen molar-refractivity contribution in [3.63, 3.8) is 0 Å². The molecule has 0 aromatic carbocycles. The maximum atomic E-state index is 9.99. The first-order valence-electron chi connectivity index (χ1n) is 1.81. The van der Waals surface area contributed by atoms with E-state index in [1.807, 2.05) is 0 Å². The second kappa shape index (κ2) is 2.40. The van der Waals surface area contributed by atoms with Gasteiger partial charge in [0.25, 0.3) is 0 Å². The first kappa shape index (κ1) is 5.16. The van der Waals surface area contributed by atoms with Gasteiger partial charge in [0, 0.05) is 0 Å². The van der Waals surface area contributed by atoms with Gasteiger partial charge in [0.1, 0.15) is 0 Å². The van der Waals surface area contributed by atoms with Crippen LogP contribution in [0.25, 0.3) is 0 Å². The molecule has 0 aliphatic carbocycles. The molecule has 0 aromatic rings. The minimum absolute atomic E-state index is 1.57. The average molecular weight is 123 g/mol. The van der Waals surface area contributed by atoms with Crippen molar-refractivity contribution in [2.45, 2.75) is 5.52 Å². The SMILES string of the molecule is C=[CH][Zn]([CH3])=[O]. The predicted molar refractivity (Wildman–Crippen MR) is 16.7 cm³/mol. The van der Waals surface area contributed by atoms with Gasteiger partial charge in [0.2, 0.25) is 0 Å². The molecule has 0 unspecified atom stereocenters. The molecule has 0 rings (SSSR count). The van der Waals surface area contributed by atoms with E-state index in [0.717, 1.165) is 0 Å². The molecule has 0 bridgehead atoms. The zero-order chi connectivity index (χ0) is 4.28. The van der Waals surface area contributed by atoms with E-state index < -0.39 is 15.9 Å². The third kappa shape index (κ3) is 4.16. The van der Waals surface area contributed by atoms with E-state index in [2.05, 4.69) is 6.58 Å². The molecule has 0 spiro atoms. The Hall–Kier alpha value is 0.163. The van der Waals surface area contributed by atoms with Crippen molar-refractivity contribution in [1.29, 1.82) is 0 Å². The molecule has 0 saturated carbocycles. The monoisotopic (exact) mass is 122 g/mol. The quantitative estimate of drug-likeness (QED) is 0.478. The number of hydrogen-bond donors (Lipinski definition) is 0. The van der Waals surface area contributed by atoms with Gasteiger partial charge in [-0.05, 0) is 0 Å². The van der Waals surface area contributed by atoms with E-state index in [9.17, 15) is 3.57 Å². The third-order valence-electron chi connectivity index (χ3n) is 0.407. The molecule has 26 valence electrons. The summed E-state index contributed by atoms with van der Waals surface area (Å²) in [6, 6.07) is 0. The molecule has 5 heavy (non-hydrogen) atoms. The Labute approximate surface area is 36.9 Å². The molecule has 0 N–H and O–H groups in total. The fraction of sp³-hybridized carbons (Fsp3) is 0.333. The molecular weight excluding hydrogens is 117 g/mol. The first-order valence-corrected chi connectivity index (χ1v) is 7.70. The van der Waals surface area contributed by atoms with Crippen LogP contribution in [-0.4, -0.2) is 0 Å². The molecule has 0 radical (unpaired) electrons. The Morgan fingerprint density at radius 1 is 2.00 bits per heavy atom. The van der Waals surface area contributed by atoms with Crippen molar-refractivity contribution in [2.75, 3.05) is 0 Å². The van der Waals surface area contributed by atoms with Crippen LogP contribution in [0.1, 0.15) is 0 Å². The Bertz CT molecular complexity index is 57.9. The topological polar surface area (TPSA) is 17.1 Å². The molecular formula is C3H6OZn. The fourth-order valence-electron chi connectivity index (χ4n) is 0. The second-order valence-corrected chi connectivity index (χ2v) is 5.99. The summed E-state index contributed by atoms with van der Waals surface area (Å²) in [5.74, 6) is 0. The van der Waals surface area contributed by atoms with Gasteiger partial charge >= 0.3 is 36.2 Å². The summed E-state index contributed by atoms with van der Waals surface area (Å²) < 4.78 is 11.6. The molecule has 2 heteroatoms. The maximum absolute atomic E-state index is 9.99. The standard InChI is InChI=1S/C2H3.CH3.O.Zn/c1-2;;;/h1H,2H2;1H3;;. The van der Waals surface area contributed by atoms with E-state index in [0.29, 0.717) is 0 Å². The van der Waals surface area contributed by atoms with Gasteiger partial charge in [0.15, 0.2) is 0 Å². The van der Waals surface area contributed by atoms with Gasteiger partial charge in [-0.2, -0.15) is 0 Å². The fourth-order valence-corrected chi connectivity index (χ4v) is 0. The summed E-state index contributed by atoms with van der Waals surface area (Å²) in [5.41, 5.74) is 1.76. The van der Waals surface area contributed by atoms with E-state index in [-0.39, 0.29) is 0 Å². The van der Waals surface area contributed by atoms with Crippen LogP contribution in [0.5, 0.6) is 0 Å². The van der Waals surface area contributed by atoms with Crippen LogP contribution in [0, 0.1) is 0 Å². The zero-order valence-corrected chi connectivity index (χ0v) is 6.37. The van der Waals surface area contributed by atoms with Crippen LogP contribution in [0.2, 0.25) is 5.52 Å². The molecule has 0 amide bonds. The van der Waals surface area contributed by atoms with Gasteiger partial charge in [-0.3, -0.25) is 0 Å². The van der Waals surface area contributed by atoms with Crippen molar-refractivity contribution < 1.29 is 19.5 Å². The number of hydrogen-bond acceptors (Lipinski definition) is 1. The molecule has 0 fully saturated rings. The van der Waals surface area contributed by atoms with E-state index in [1.165, 1.54) is 0 Å². The Balaban J connectivity index is 3.20. The zero-order valence-electron chi connectivity index (χ0n) is 3.40. The normalized spacial score (nSPS) is 4.80. The van der Waals surface area contributed by atoms with Gasteiger partial charge in [-0.25, -0.2) is 0 Å². The van der Waals surface area contributed by atoms with Crippen LogP contribution in [0.4, 0.5) is 0 Å². The summed E-state index contributed by atoms with van der Waals surface area (Å²) in [4.78, 5) is 0. The molecule has 0 aliphatic rings. The van der Waals surface area contributed by atoms with Crippen LogP contribution in [0.3, 0.4) is 0 Å². The molecule has 0 atom stereocenters. The van der Waals surface area contributed by atoms with Crippen LogP contribution < -0.4 is 0 Å². The van der Waals surface area contributed by atoms with Crippen molar-refractivity contribution in [2.24, 2.45) is 0 Å². The Morgan fingerprint density at radius 2 is 2.20 bits per heavy atom. The summed E-state index contributed by atoms with van der Waals surface area (Å²) in [5, 5.41) is 0. The van der Waals surface area contributed by atoms with Crippen LogP contribution in [-0.2, 0) is 19.5 Å². The van der Waals surface area contributed by atoms with E-state index in [1.54, 1.807) is 10.2 Å². The van der Waals surface area contributed by atoms with Crippen molar-refractivity contribution in [3.8, 4) is 0 Å². The number of rotatable bonds is 1. The summed E-state index contributed by atoms with van der Waals surface area (Å²) in [6.07, 6.45) is 0. The van der Waals surface area contributed by atoms with Crippen molar-refractivity contribution >= 4 is 0 Å². The second-order valence-electron chi connectivity index (χ2n) is 1.15. The average Bonchev–Trinajstić information content (AvgIpc) is 1.38. The summed E-state index contributed by atoms with van der Waals surface area (Å²) in [7, 11) is 0. The molecule has 1 nitrogen and oxygen atoms in total. The summed E-state index contributed by atoms with van der Waals surface area (Å²) in [6.45, 7) is 3.34.